The summed E-state index contributed by atoms with van der Waals surface area (Å²) in [6.07, 6.45) is 5.80. The average Bonchev–Trinajstić information content (AvgIpc) is 3.77. The van der Waals surface area contributed by atoms with Crippen molar-refractivity contribution < 1.29 is 52.5 Å². The number of aliphatic hydroxyl groups excluding tert-OH is 1. The normalized spacial score (nSPS) is 49.6. The molecule has 0 aromatic rings. The third kappa shape index (κ3) is 7.86. The first-order chi connectivity index (χ1) is 25.5. The Kier molecular flexibility index (Phi) is 11.6. The van der Waals surface area contributed by atoms with Crippen LogP contribution in [0.3, 0.4) is 0 Å². The lowest BCUT2D eigenvalue weighted by atomic mass is 9.81. The fourth-order valence-corrected chi connectivity index (χ4v) is 11.0. The van der Waals surface area contributed by atoms with Crippen LogP contribution in [0, 0.1) is 11.8 Å². The van der Waals surface area contributed by atoms with Gasteiger partial charge in [-0.05, 0) is 62.0 Å². The van der Waals surface area contributed by atoms with E-state index in [0.717, 1.165) is 56.1 Å². The van der Waals surface area contributed by atoms with Crippen molar-refractivity contribution in [2.75, 3.05) is 20.8 Å². The maximum Gasteiger partial charge on any atom is 0.172 e. The predicted molar refractivity (Wildman–Crippen MR) is 193 cm³/mol. The number of hydrogen-bond acceptors (Lipinski definition) is 12. The monoisotopic (exact) mass is 745 g/mol. The average molecular weight is 746 g/mol. The van der Waals surface area contributed by atoms with Gasteiger partial charge in [0, 0.05) is 71.6 Å². The third-order valence-electron chi connectivity index (χ3n) is 13.9. The number of carbonyl (C=O) groups is 1. The molecule has 8 heterocycles. The second-order valence-electron chi connectivity index (χ2n) is 17.4. The molecule has 8 fully saturated rings. The van der Waals surface area contributed by atoms with Crippen molar-refractivity contribution in [1.29, 1.82) is 0 Å². The lowest BCUT2D eigenvalue weighted by Crippen LogP contribution is -2.58. The minimum atomic E-state index is -0.820. The number of aliphatic hydroxyl groups is 1. The Labute approximate surface area is 314 Å². The van der Waals surface area contributed by atoms with E-state index in [4.69, 9.17) is 48.4 Å². The standard InChI is InChI=1S/C41H63NO11/c1-21-12-26-6-8-30-22(2)13-28(47-30)10-11-41-19-37(45-4)40(53-41)35-18-36(52-41)39-31(50-35)9-7-27(49-39)14-24(43)15-29-33(17-32(48-26)23(21)3)51-34(38(29)46-5)16-25(44)20-42/h21,25-40,44H,2-3,6-20,42H2,1,4-5H3/t21-,25+,26+,27-,28+,29+,30?,31+,32-,33+,34-,35-,36-,37-,38-,39+,40-,41-/m1/s1. The van der Waals surface area contributed by atoms with Gasteiger partial charge in [-0.1, -0.05) is 20.1 Å². The van der Waals surface area contributed by atoms with Gasteiger partial charge in [-0.15, -0.1) is 0 Å². The van der Waals surface area contributed by atoms with Crippen LogP contribution in [0.5, 0.6) is 0 Å². The van der Waals surface area contributed by atoms with E-state index in [0.29, 0.717) is 38.5 Å². The quantitative estimate of drug-likeness (QED) is 0.391. The number of rotatable bonds is 5. The smallest absolute Gasteiger partial charge is 0.172 e. The molecule has 298 valence electrons. The van der Waals surface area contributed by atoms with Crippen LogP contribution in [0.15, 0.2) is 24.3 Å². The Morgan fingerprint density at radius 3 is 2.40 bits per heavy atom. The van der Waals surface area contributed by atoms with E-state index in [2.05, 4.69) is 20.1 Å². The minimum Gasteiger partial charge on any atom is -0.392 e. The number of ether oxygens (including phenoxy) is 9. The predicted octanol–water partition coefficient (Wildman–Crippen LogP) is 4.08. The number of methoxy groups -OCH3 is 2. The van der Waals surface area contributed by atoms with Gasteiger partial charge in [0.2, 0.25) is 0 Å². The molecule has 10 bridgehead atoms. The molecule has 0 aliphatic carbocycles. The van der Waals surface area contributed by atoms with E-state index in [1.807, 2.05) is 0 Å². The zero-order valence-electron chi connectivity index (χ0n) is 31.9. The summed E-state index contributed by atoms with van der Waals surface area (Å²) >= 11 is 0. The van der Waals surface area contributed by atoms with Crippen LogP contribution in [0.2, 0.25) is 0 Å². The second-order valence-corrected chi connectivity index (χ2v) is 17.4. The highest BCUT2D eigenvalue weighted by atomic mass is 16.7. The van der Waals surface area contributed by atoms with Crippen LogP contribution < -0.4 is 5.73 Å². The number of nitrogens with two attached hydrogens (primary N) is 1. The maximum atomic E-state index is 14.1. The Bertz CT molecular complexity index is 1350. The zero-order valence-corrected chi connectivity index (χ0v) is 31.9. The van der Waals surface area contributed by atoms with Gasteiger partial charge < -0.3 is 53.5 Å². The molecule has 8 saturated heterocycles. The SMILES string of the molecule is C=C1C[C@@H]2CC[C@]34C[C@@H](OC)[C@H](O3)[C@H]3C[C@@H](O4)[C@H]4O[C@H](CC[C@@H]4O3)CC(=O)C[C@@H]3[C@@H](OC)[C@@H](C[C@H](O)CN)O[C@H]3C[C@H]3O[C@@H](CCC1O2)C[C@@H](C)C3=C. The van der Waals surface area contributed by atoms with E-state index in [1.54, 1.807) is 14.2 Å². The molecule has 8 aliphatic heterocycles. The lowest BCUT2D eigenvalue weighted by molar-refractivity contribution is -0.277. The largest absolute Gasteiger partial charge is 0.392 e. The maximum absolute atomic E-state index is 14.1. The van der Waals surface area contributed by atoms with Gasteiger partial charge >= 0.3 is 0 Å². The van der Waals surface area contributed by atoms with Crippen LogP contribution >= 0.6 is 0 Å². The molecule has 12 nitrogen and oxygen atoms in total. The van der Waals surface area contributed by atoms with Crippen LogP contribution in [0.25, 0.3) is 0 Å². The highest BCUT2D eigenvalue weighted by Crippen LogP contribution is 2.50. The van der Waals surface area contributed by atoms with E-state index < -0.39 is 18.0 Å². The van der Waals surface area contributed by atoms with Gasteiger partial charge in [0.25, 0.3) is 0 Å². The summed E-state index contributed by atoms with van der Waals surface area (Å²) in [5.74, 6) is -0.653. The molecule has 0 radical (unpaired) electrons. The summed E-state index contributed by atoms with van der Waals surface area (Å²) in [6, 6.07) is 0. The van der Waals surface area contributed by atoms with Crippen molar-refractivity contribution in [3.05, 3.63) is 24.3 Å². The molecule has 18 atom stereocenters. The van der Waals surface area contributed by atoms with E-state index in [9.17, 15) is 9.90 Å². The van der Waals surface area contributed by atoms with Crippen molar-refractivity contribution in [3.8, 4) is 0 Å². The zero-order chi connectivity index (χ0) is 37.0. The van der Waals surface area contributed by atoms with Crippen molar-refractivity contribution in [3.63, 3.8) is 0 Å². The van der Waals surface area contributed by atoms with Gasteiger partial charge in [0.1, 0.15) is 18.0 Å². The number of ketones is 1. The lowest BCUT2D eigenvalue weighted by Gasteiger charge is -2.47. The molecule has 53 heavy (non-hydrogen) atoms. The topological polar surface area (TPSA) is 146 Å². The summed E-state index contributed by atoms with van der Waals surface area (Å²) in [6.45, 7) is 11.3. The molecule has 0 aromatic carbocycles. The molecule has 1 spiro atoms. The van der Waals surface area contributed by atoms with Gasteiger partial charge in [0.05, 0.1) is 79.4 Å². The van der Waals surface area contributed by atoms with Crippen LogP contribution in [-0.4, -0.2) is 129 Å². The highest BCUT2D eigenvalue weighted by Gasteiger charge is 2.60. The second kappa shape index (κ2) is 15.9. The van der Waals surface area contributed by atoms with Gasteiger partial charge in [-0.2, -0.15) is 0 Å². The summed E-state index contributed by atoms with van der Waals surface area (Å²) in [4.78, 5) is 14.1. The fourth-order valence-electron chi connectivity index (χ4n) is 11.0. The van der Waals surface area contributed by atoms with E-state index in [1.165, 1.54) is 0 Å². The van der Waals surface area contributed by atoms with Gasteiger partial charge in [-0.25, -0.2) is 0 Å². The first-order valence-electron chi connectivity index (χ1n) is 20.5. The van der Waals surface area contributed by atoms with Crippen LogP contribution in [0.1, 0.15) is 96.8 Å². The third-order valence-corrected chi connectivity index (χ3v) is 13.9. The van der Waals surface area contributed by atoms with Crippen molar-refractivity contribution >= 4 is 5.78 Å². The molecule has 0 aromatic heterocycles. The Morgan fingerprint density at radius 1 is 0.811 bits per heavy atom. The number of hydrogen-bond donors (Lipinski definition) is 2. The molecule has 1 unspecified atom stereocenters. The van der Waals surface area contributed by atoms with Crippen molar-refractivity contribution in [2.45, 2.75) is 194 Å². The van der Waals surface area contributed by atoms with Crippen molar-refractivity contribution in [1.82, 2.24) is 0 Å². The molecule has 12 heteroatoms. The van der Waals surface area contributed by atoms with Crippen molar-refractivity contribution in [2.24, 2.45) is 17.6 Å². The molecule has 8 rings (SSSR count). The molecular formula is C41H63NO11. The number of Topliss-reactive ketones (excluding diaryl/α,β-unsaturated/α-hetero) is 1. The fraction of sp³-hybridized carbons (Fsp3) is 0.878. The molecule has 0 amide bonds. The number of carbonyl (C=O) groups excluding carboxylic acids is 1. The summed E-state index contributed by atoms with van der Waals surface area (Å²) in [7, 11) is 3.40. The van der Waals surface area contributed by atoms with E-state index >= 15 is 0 Å². The molecule has 3 N–H and O–H groups in total. The highest BCUT2D eigenvalue weighted by molar-refractivity contribution is 5.79. The van der Waals surface area contributed by atoms with Crippen LogP contribution in [-0.2, 0) is 47.4 Å². The molecule has 0 saturated carbocycles. The summed E-state index contributed by atoms with van der Waals surface area (Å²) in [5.41, 5.74) is 8.01. The first-order valence-corrected chi connectivity index (χ1v) is 20.5. The summed E-state index contributed by atoms with van der Waals surface area (Å²) < 4.78 is 59.5. The summed E-state index contributed by atoms with van der Waals surface area (Å²) in [5, 5.41) is 10.5. The Morgan fingerprint density at radius 2 is 1.60 bits per heavy atom. The van der Waals surface area contributed by atoms with Gasteiger partial charge in [-0.3, -0.25) is 4.79 Å². The Hall–Kier alpha value is -1.29. The Balaban J connectivity index is 1.06. The number of fused-ring (bicyclic) bond motifs is 9. The van der Waals surface area contributed by atoms with E-state index in [-0.39, 0.29) is 110 Å². The molecule has 8 aliphatic rings. The first kappa shape index (κ1) is 38.6. The van der Waals surface area contributed by atoms with Gasteiger partial charge in [0.15, 0.2) is 5.79 Å². The van der Waals surface area contributed by atoms with Crippen LogP contribution in [0.4, 0.5) is 0 Å². The minimum absolute atomic E-state index is 0.0245. The molecular weight excluding hydrogens is 682 g/mol.